The molecule has 3 aromatic rings. The first-order chi connectivity index (χ1) is 10.3. The summed E-state index contributed by atoms with van der Waals surface area (Å²) in [4.78, 5) is 7.71. The molecule has 0 amide bonds. The van der Waals surface area contributed by atoms with Crippen LogP contribution < -0.4 is 4.90 Å². The van der Waals surface area contributed by atoms with E-state index in [-0.39, 0.29) is 5.75 Å². The lowest BCUT2D eigenvalue weighted by atomic mass is 10.2. The zero-order valence-corrected chi connectivity index (χ0v) is 12.1. The Morgan fingerprint density at radius 3 is 2.62 bits per heavy atom. The lowest BCUT2D eigenvalue weighted by molar-refractivity contribution is 0.122. The van der Waals surface area contributed by atoms with E-state index in [0.717, 1.165) is 47.7 Å². The van der Waals surface area contributed by atoms with Crippen LogP contribution in [0.2, 0.25) is 0 Å². The van der Waals surface area contributed by atoms with Crippen LogP contribution in [-0.4, -0.2) is 46.0 Å². The van der Waals surface area contributed by atoms with Gasteiger partial charge in [0, 0.05) is 18.7 Å². The van der Waals surface area contributed by atoms with Gasteiger partial charge in [-0.1, -0.05) is 11.3 Å². The number of hydrogen-bond acceptors (Lipinski definition) is 6. The van der Waals surface area contributed by atoms with Crippen molar-refractivity contribution >= 4 is 21.4 Å². The van der Waals surface area contributed by atoms with Crippen LogP contribution in [0.4, 0.5) is 5.13 Å². The van der Waals surface area contributed by atoms with Crippen molar-refractivity contribution in [1.82, 2.24) is 14.6 Å². The third-order valence-corrected chi connectivity index (χ3v) is 4.46. The number of benzene rings is 1. The zero-order valence-electron chi connectivity index (χ0n) is 11.3. The number of fused-ring (bicyclic) bond motifs is 1. The first-order valence-electron chi connectivity index (χ1n) is 6.78. The van der Waals surface area contributed by atoms with Crippen LogP contribution in [0.3, 0.4) is 0 Å². The van der Waals surface area contributed by atoms with Crippen LogP contribution >= 0.6 is 11.3 Å². The van der Waals surface area contributed by atoms with Crippen LogP contribution in [0.25, 0.3) is 16.2 Å². The molecule has 1 fully saturated rings. The van der Waals surface area contributed by atoms with E-state index < -0.39 is 0 Å². The highest BCUT2D eigenvalue weighted by molar-refractivity contribution is 7.20. The first kappa shape index (κ1) is 12.6. The molecule has 7 heteroatoms. The summed E-state index contributed by atoms with van der Waals surface area (Å²) in [5, 5.41) is 14.9. The van der Waals surface area contributed by atoms with Gasteiger partial charge in [0.15, 0.2) is 0 Å². The van der Waals surface area contributed by atoms with Crippen LogP contribution in [0.15, 0.2) is 30.5 Å². The molecule has 3 heterocycles. The predicted octanol–water partition coefficient (Wildman–Crippen LogP) is 2.00. The molecule has 21 heavy (non-hydrogen) atoms. The standard InChI is InChI=1S/C14H14N4O2S/c19-11-3-1-10(2-4-11)12-9-18-13(15-12)21-14(16-18)17-5-7-20-8-6-17/h1-4,9,19H,5-8H2. The molecule has 108 valence electrons. The third kappa shape index (κ3) is 2.34. The number of aromatic hydroxyl groups is 1. The molecule has 2 aromatic heterocycles. The molecular weight excluding hydrogens is 288 g/mol. The SMILES string of the molecule is Oc1ccc(-c2cn3nc(N4CCOCC4)sc3n2)cc1. The smallest absolute Gasteiger partial charge is 0.214 e. The Labute approximate surface area is 125 Å². The summed E-state index contributed by atoms with van der Waals surface area (Å²) >= 11 is 1.58. The molecule has 0 saturated carbocycles. The Bertz CT molecular complexity index is 727. The number of aromatic nitrogens is 3. The topological polar surface area (TPSA) is 62.9 Å². The predicted molar refractivity (Wildman–Crippen MR) is 81.0 cm³/mol. The fourth-order valence-electron chi connectivity index (χ4n) is 2.34. The van der Waals surface area contributed by atoms with Gasteiger partial charge in [0.1, 0.15) is 5.75 Å². The Hall–Kier alpha value is -2.12. The molecular formula is C14H14N4O2S. The third-order valence-electron chi connectivity index (χ3n) is 3.48. The van der Waals surface area contributed by atoms with Gasteiger partial charge in [0.25, 0.3) is 0 Å². The lowest BCUT2D eigenvalue weighted by Gasteiger charge is -2.25. The number of ether oxygens (including phenoxy) is 1. The van der Waals surface area contributed by atoms with Gasteiger partial charge in [0.05, 0.1) is 25.1 Å². The van der Waals surface area contributed by atoms with Crippen molar-refractivity contribution in [2.75, 3.05) is 31.2 Å². The Balaban J connectivity index is 1.65. The molecule has 0 atom stereocenters. The maximum atomic E-state index is 9.33. The van der Waals surface area contributed by atoms with Crippen molar-refractivity contribution in [2.45, 2.75) is 0 Å². The molecule has 1 N–H and O–H groups in total. The number of morpholine rings is 1. The summed E-state index contributed by atoms with van der Waals surface area (Å²) in [6.07, 6.45) is 1.92. The second kappa shape index (κ2) is 5.01. The van der Waals surface area contributed by atoms with Crippen LogP contribution in [0, 0.1) is 0 Å². The molecule has 6 nitrogen and oxygen atoms in total. The van der Waals surface area contributed by atoms with Crippen LogP contribution in [0.1, 0.15) is 0 Å². The second-order valence-corrected chi connectivity index (χ2v) is 5.82. The van der Waals surface area contributed by atoms with Crippen molar-refractivity contribution in [1.29, 1.82) is 0 Å². The number of anilines is 1. The lowest BCUT2D eigenvalue weighted by Crippen LogP contribution is -2.36. The quantitative estimate of drug-likeness (QED) is 0.784. The molecule has 1 aliphatic heterocycles. The minimum absolute atomic E-state index is 0.257. The molecule has 1 aliphatic rings. The number of phenolic OH excluding ortho intramolecular Hbond substituents is 1. The van der Waals surface area contributed by atoms with Gasteiger partial charge in [-0.25, -0.2) is 9.50 Å². The van der Waals surface area contributed by atoms with Gasteiger partial charge in [-0.3, -0.25) is 0 Å². The zero-order chi connectivity index (χ0) is 14.2. The summed E-state index contributed by atoms with van der Waals surface area (Å²) in [6.45, 7) is 3.25. The fourth-order valence-corrected chi connectivity index (χ4v) is 3.28. The summed E-state index contributed by atoms with van der Waals surface area (Å²) in [7, 11) is 0. The molecule has 1 aromatic carbocycles. The highest BCUT2D eigenvalue weighted by Gasteiger charge is 2.17. The number of nitrogens with zero attached hydrogens (tertiary/aromatic N) is 4. The average molecular weight is 302 g/mol. The van der Waals surface area contributed by atoms with Gasteiger partial charge in [-0.15, -0.1) is 5.10 Å². The number of rotatable bonds is 2. The van der Waals surface area contributed by atoms with E-state index in [4.69, 9.17) is 4.74 Å². The first-order valence-corrected chi connectivity index (χ1v) is 7.59. The number of hydrogen-bond donors (Lipinski definition) is 1. The van der Waals surface area contributed by atoms with Gasteiger partial charge < -0.3 is 14.7 Å². The van der Waals surface area contributed by atoms with Crippen molar-refractivity contribution in [3.05, 3.63) is 30.5 Å². The molecule has 0 unspecified atom stereocenters. The molecule has 0 bridgehead atoms. The maximum absolute atomic E-state index is 9.33. The van der Waals surface area contributed by atoms with Crippen LogP contribution in [0.5, 0.6) is 5.75 Å². The van der Waals surface area contributed by atoms with E-state index in [1.165, 1.54) is 0 Å². The maximum Gasteiger partial charge on any atom is 0.214 e. The van der Waals surface area contributed by atoms with E-state index >= 15 is 0 Å². The van der Waals surface area contributed by atoms with E-state index in [0.29, 0.717) is 0 Å². The molecule has 0 aliphatic carbocycles. The van der Waals surface area contributed by atoms with Crippen molar-refractivity contribution < 1.29 is 9.84 Å². The second-order valence-electron chi connectivity index (χ2n) is 4.88. The molecule has 0 radical (unpaired) electrons. The van der Waals surface area contributed by atoms with E-state index in [1.807, 2.05) is 22.8 Å². The largest absolute Gasteiger partial charge is 0.508 e. The van der Waals surface area contributed by atoms with Gasteiger partial charge in [0.2, 0.25) is 10.1 Å². The van der Waals surface area contributed by atoms with E-state index in [2.05, 4.69) is 15.0 Å². The Morgan fingerprint density at radius 2 is 1.90 bits per heavy atom. The van der Waals surface area contributed by atoms with Gasteiger partial charge >= 0.3 is 0 Å². The van der Waals surface area contributed by atoms with E-state index in [1.54, 1.807) is 23.5 Å². The summed E-state index contributed by atoms with van der Waals surface area (Å²) in [5.41, 5.74) is 1.83. The average Bonchev–Trinajstić information content (AvgIpc) is 3.07. The summed E-state index contributed by atoms with van der Waals surface area (Å²) in [5.74, 6) is 0.257. The van der Waals surface area contributed by atoms with Gasteiger partial charge in [-0.05, 0) is 24.3 Å². The Morgan fingerprint density at radius 1 is 1.14 bits per heavy atom. The van der Waals surface area contributed by atoms with E-state index in [9.17, 15) is 5.11 Å². The molecule has 0 spiro atoms. The number of phenols is 1. The van der Waals surface area contributed by atoms with Crippen molar-refractivity contribution in [2.24, 2.45) is 0 Å². The molecule has 1 saturated heterocycles. The minimum Gasteiger partial charge on any atom is -0.508 e. The van der Waals surface area contributed by atoms with Crippen molar-refractivity contribution in [3.63, 3.8) is 0 Å². The highest BCUT2D eigenvalue weighted by atomic mass is 32.1. The summed E-state index contributed by atoms with van der Waals surface area (Å²) in [6, 6.07) is 7.03. The summed E-state index contributed by atoms with van der Waals surface area (Å²) < 4.78 is 7.17. The monoisotopic (exact) mass is 302 g/mol. The van der Waals surface area contributed by atoms with Gasteiger partial charge in [-0.2, -0.15) is 0 Å². The molecule has 4 rings (SSSR count). The fraction of sp³-hybridized carbons (Fsp3) is 0.286. The number of imidazole rings is 1. The normalized spacial score (nSPS) is 15.7. The minimum atomic E-state index is 0.257. The van der Waals surface area contributed by atoms with Crippen LogP contribution in [-0.2, 0) is 4.74 Å². The Kier molecular flexibility index (Phi) is 3.01. The highest BCUT2D eigenvalue weighted by Crippen LogP contribution is 2.27. The van der Waals surface area contributed by atoms with Crippen molar-refractivity contribution in [3.8, 4) is 17.0 Å².